The van der Waals surface area contributed by atoms with Crippen LogP contribution in [0.25, 0.3) is 0 Å². The molecule has 0 saturated heterocycles. The van der Waals surface area contributed by atoms with E-state index in [1.54, 1.807) is 3.58 Å². The molecule has 0 aliphatic rings. The fraction of sp³-hybridized carbons (Fsp3) is 0.200. The molecule has 0 amide bonds. The summed E-state index contributed by atoms with van der Waals surface area (Å²) < 4.78 is 5.04. The number of benzene rings is 1. The van der Waals surface area contributed by atoms with Crippen molar-refractivity contribution in [1.29, 1.82) is 0 Å². The molecular formula is C15H20Sn. The Hall–Kier alpha value is -0.761. The molecule has 84 valence electrons. The van der Waals surface area contributed by atoms with E-state index in [0.29, 0.717) is 0 Å². The van der Waals surface area contributed by atoms with Crippen LogP contribution in [0, 0.1) is 0 Å². The summed E-state index contributed by atoms with van der Waals surface area (Å²) in [6.07, 6.45) is 6.24. The Labute approximate surface area is 103 Å². The second-order valence-electron chi connectivity index (χ2n) is 4.12. The van der Waals surface area contributed by atoms with Crippen LogP contribution in [0.15, 0.2) is 68.3 Å². The van der Waals surface area contributed by atoms with E-state index in [4.69, 9.17) is 0 Å². The normalized spacial score (nSPS) is 10.8. The van der Waals surface area contributed by atoms with Gasteiger partial charge in [-0.2, -0.15) is 0 Å². The van der Waals surface area contributed by atoms with E-state index < -0.39 is 18.4 Å². The molecule has 1 aromatic carbocycles. The predicted octanol–water partition coefficient (Wildman–Crippen LogP) is 3.90. The average Bonchev–Trinajstić information content (AvgIpc) is 2.31. The molecule has 0 aromatic heterocycles. The Kier molecular flexibility index (Phi) is 5.61. The van der Waals surface area contributed by atoms with Gasteiger partial charge in [-0.25, -0.2) is 0 Å². The molecule has 16 heavy (non-hydrogen) atoms. The Morgan fingerprint density at radius 2 is 1.25 bits per heavy atom. The van der Waals surface area contributed by atoms with Crippen molar-refractivity contribution in [2.45, 2.75) is 13.3 Å². The summed E-state index contributed by atoms with van der Waals surface area (Å²) >= 11 is -2.35. The van der Waals surface area contributed by atoms with Gasteiger partial charge in [0.25, 0.3) is 0 Å². The van der Waals surface area contributed by atoms with Crippen molar-refractivity contribution in [1.82, 2.24) is 0 Å². The van der Waals surface area contributed by atoms with Crippen LogP contribution in [0.5, 0.6) is 0 Å². The molecule has 0 spiro atoms. The Morgan fingerprint density at radius 3 is 1.62 bits per heavy atom. The minimum atomic E-state index is -2.35. The van der Waals surface area contributed by atoms with Gasteiger partial charge < -0.3 is 0 Å². The molecule has 0 saturated carbocycles. The van der Waals surface area contributed by atoms with Crippen LogP contribution in [-0.4, -0.2) is 18.4 Å². The third kappa shape index (κ3) is 3.11. The van der Waals surface area contributed by atoms with E-state index >= 15 is 0 Å². The summed E-state index contributed by atoms with van der Waals surface area (Å²) in [5.41, 5.74) is 0. The van der Waals surface area contributed by atoms with Crippen LogP contribution in [-0.2, 0) is 0 Å². The van der Waals surface area contributed by atoms with Crippen LogP contribution in [0.4, 0.5) is 0 Å². The summed E-state index contributed by atoms with van der Waals surface area (Å²) in [7, 11) is 0. The summed E-state index contributed by atoms with van der Waals surface area (Å²) in [5, 5.41) is 0. The van der Waals surface area contributed by atoms with E-state index in [-0.39, 0.29) is 0 Å². The number of allylic oxidation sites excluding steroid dienone is 3. The number of rotatable bonds is 7. The first-order valence-corrected chi connectivity index (χ1v) is 13.2. The van der Waals surface area contributed by atoms with Gasteiger partial charge in [-0.3, -0.25) is 0 Å². The van der Waals surface area contributed by atoms with Gasteiger partial charge in [-0.05, 0) is 0 Å². The molecule has 0 radical (unpaired) electrons. The zero-order valence-corrected chi connectivity index (χ0v) is 12.7. The summed E-state index contributed by atoms with van der Waals surface area (Å²) in [6, 6.07) is 10.9. The maximum atomic E-state index is 3.92. The van der Waals surface area contributed by atoms with Crippen LogP contribution in [0.2, 0.25) is 13.3 Å². The summed E-state index contributed by atoms with van der Waals surface area (Å²) in [5.74, 6) is 0. The van der Waals surface area contributed by atoms with Gasteiger partial charge in [-0.15, -0.1) is 0 Å². The number of hydrogen-bond acceptors (Lipinski definition) is 0. The maximum absolute atomic E-state index is 3.92. The van der Waals surface area contributed by atoms with Gasteiger partial charge in [0.2, 0.25) is 0 Å². The molecule has 0 heterocycles. The molecule has 0 atom stereocenters. The molecule has 0 N–H and O–H groups in total. The first kappa shape index (κ1) is 13.3. The molecular weight excluding hydrogens is 299 g/mol. The van der Waals surface area contributed by atoms with E-state index in [9.17, 15) is 0 Å². The Morgan fingerprint density at radius 1 is 0.812 bits per heavy atom. The van der Waals surface area contributed by atoms with Gasteiger partial charge in [0.15, 0.2) is 0 Å². The molecule has 0 nitrogen and oxygen atoms in total. The van der Waals surface area contributed by atoms with Crippen molar-refractivity contribution in [2.24, 2.45) is 0 Å². The zero-order chi connectivity index (χ0) is 11.9. The topological polar surface area (TPSA) is 0 Å². The van der Waals surface area contributed by atoms with Gasteiger partial charge in [0.1, 0.15) is 0 Å². The van der Waals surface area contributed by atoms with Gasteiger partial charge in [-0.1, -0.05) is 0 Å². The third-order valence-corrected chi connectivity index (χ3v) is 16.6. The van der Waals surface area contributed by atoms with Gasteiger partial charge in [0.05, 0.1) is 0 Å². The molecule has 1 heteroatoms. The van der Waals surface area contributed by atoms with E-state index in [2.05, 4.69) is 68.3 Å². The van der Waals surface area contributed by atoms with Crippen LogP contribution >= 0.6 is 0 Å². The van der Waals surface area contributed by atoms with Crippen molar-refractivity contribution >= 4 is 22.0 Å². The predicted molar refractivity (Wildman–Crippen MR) is 76.8 cm³/mol. The van der Waals surface area contributed by atoms with Crippen molar-refractivity contribution in [2.75, 3.05) is 0 Å². The first-order valence-electron chi connectivity index (χ1n) is 5.67. The first-order chi connectivity index (χ1) is 7.79. The second-order valence-corrected chi connectivity index (χ2v) is 16.6. The van der Waals surface area contributed by atoms with Crippen LogP contribution < -0.4 is 3.58 Å². The quantitative estimate of drug-likeness (QED) is 0.528. The van der Waals surface area contributed by atoms with E-state index in [1.165, 1.54) is 0 Å². The standard InChI is InChI=1S/C6H5.3C3H5.Sn/c1-2-4-6-5-3-1;3*1-3-2;/h1-5H;3*3H,1-2H2;. The zero-order valence-electron chi connectivity index (χ0n) is 9.86. The molecule has 0 aliphatic heterocycles. The molecule has 0 unspecified atom stereocenters. The molecule has 1 rings (SSSR count). The number of hydrogen-bond donors (Lipinski definition) is 0. The van der Waals surface area contributed by atoms with Crippen molar-refractivity contribution in [3.05, 3.63) is 68.3 Å². The van der Waals surface area contributed by atoms with Crippen LogP contribution in [0.1, 0.15) is 0 Å². The Balaban J connectivity index is 3.13. The van der Waals surface area contributed by atoms with E-state index in [1.807, 2.05) is 0 Å². The fourth-order valence-electron chi connectivity index (χ4n) is 2.22. The van der Waals surface area contributed by atoms with Gasteiger partial charge in [0, 0.05) is 0 Å². The van der Waals surface area contributed by atoms with Gasteiger partial charge >= 0.3 is 104 Å². The molecule has 1 aromatic rings. The third-order valence-electron chi connectivity index (χ3n) is 2.99. The average molecular weight is 319 g/mol. The molecule has 0 aliphatic carbocycles. The van der Waals surface area contributed by atoms with Crippen molar-refractivity contribution in [3.63, 3.8) is 0 Å². The van der Waals surface area contributed by atoms with Crippen molar-refractivity contribution < 1.29 is 0 Å². The van der Waals surface area contributed by atoms with Crippen LogP contribution in [0.3, 0.4) is 0 Å². The second kappa shape index (κ2) is 6.74. The van der Waals surface area contributed by atoms with Crippen molar-refractivity contribution in [3.8, 4) is 0 Å². The monoisotopic (exact) mass is 320 g/mol. The molecule has 0 bridgehead atoms. The fourth-order valence-corrected chi connectivity index (χ4v) is 13.0. The summed E-state index contributed by atoms with van der Waals surface area (Å²) in [6.45, 7) is 11.8. The Bertz CT molecular complexity index is 324. The summed E-state index contributed by atoms with van der Waals surface area (Å²) in [4.78, 5) is 0. The molecule has 0 fully saturated rings. The van der Waals surface area contributed by atoms with E-state index in [0.717, 1.165) is 13.3 Å². The minimum absolute atomic E-state index is 1.16. The SMILES string of the molecule is C=C[CH2][Sn]([CH2]C=C)([CH2]C=C)[c]1ccccc1.